The fourth-order valence-corrected chi connectivity index (χ4v) is 4.03. The molecule has 2 aliphatic rings. The minimum atomic E-state index is 0.592. The van der Waals surface area contributed by atoms with E-state index in [-0.39, 0.29) is 0 Å². The summed E-state index contributed by atoms with van der Waals surface area (Å²) in [5, 5.41) is 10.2. The van der Waals surface area contributed by atoms with Crippen molar-refractivity contribution in [2.75, 3.05) is 31.2 Å². The number of benzene rings is 1. The molecule has 1 N–H and O–H groups in total. The van der Waals surface area contributed by atoms with Gasteiger partial charge in [0.15, 0.2) is 0 Å². The van der Waals surface area contributed by atoms with E-state index in [2.05, 4.69) is 25.9 Å². The molecule has 25 heavy (non-hydrogen) atoms. The molecular formula is C19H17N5O. The number of hydrogen-bond donors (Lipinski definition) is 1. The number of H-pyrrole nitrogens is 1. The smallest absolute Gasteiger partial charge is 0.143 e. The predicted molar refractivity (Wildman–Crippen MR) is 94.1 cm³/mol. The van der Waals surface area contributed by atoms with Crippen LogP contribution in [0.5, 0.6) is 0 Å². The van der Waals surface area contributed by atoms with E-state index < -0.39 is 0 Å². The van der Waals surface area contributed by atoms with Crippen LogP contribution in [-0.4, -0.2) is 41.3 Å². The van der Waals surface area contributed by atoms with E-state index in [4.69, 9.17) is 4.74 Å². The molecule has 124 valence electrons. The van der Waals surface area contributed by atoms with E-state index in [1.165, 1.54) is 0 Å². The Morgan fingerprint density at radius 3 is 2.84 bits per heavy atom. The third-order valence-electron chi connectivity index (χ3n) is 5.29. The maximum Gasteiger partial charge on any atom is 0.143 e. The molecule has 2 aromatic heterocycles. The highest BCUT2D eigenvalue weighted by molar-refractivity contribution is 6.01. The van der Waals surface area contributed by atoms with E-state index in [1.807, 2.05) is 30.5 Å². The Kier molecular flexibility index (Phi) is 3.22. The second-order valence-corrected chi connectivity index (χ2v) is 6.78. The number of rotatable bonds is 2. The molecule has 0 radical (unpaired) electrons. The number of hydrogen-bond acceptors (Lipinski definition) is 5. The summed E-state index contributed by atoms with van der Waals surface area (Å²) in [6.07, 6.45) is 3.58. The van der Waals surface area contributed by atoms with Gasteiger partial charge in [0.25, 0.3) is 0 Å². The van der Waals surface area contributed by atoms with Crippen LogP contribution in [0, 0.1) is 23.2 Å². The highest BCUT2D eigenvalue weighted by Crippen LogP contribution is 2.38. The third kappa shape index (κ3) is 2.28. The van der Waals surface area contributed by atoms with Crippen LogP contribution in [-0.2, 0) is 4.74 Å². The molecule has 2 saturated heterocycles. The quantitative estimate of drug-likeness (QED) is 0.781. The summed E-state index contributed by atoms with van der Waals surface area (Å²) in [4.78, 5) is 14.6. The topological polar surface area (TPSA) is 77.8 Å². The van der Waals surface area contributed by atoms with Crippen LogP contribution in [0.2, 0.25) is 0 Å². The monoisotopic (exact) mass is 331 g/mol. The highest BCUT2D eigenvalue weighted by Gasteiger charge is 2.38. The van der Waals surface area contributed by atoms with Crippen molar-refractivity contribution in [2.45, 2.75) is 0 Å². The van der Waals surface area contributed by atoms with Crippen molar-refractivity contribution in [1.82, 2.24) is 15.0 Å². The summed E-state index contributed by atoms with van der Waals surface area (Å²) in [5.74, 6) is 2.15. The average molecular weight is 331 g/mol. The molecule has 3 aromatic rings. The largest absolute Gasteiger partial charge is 0.381 e. The minimum absolute atomic E-state index is 0.592. The second kappa shape index (κ2) is 5.57. The molecule has 0 aliphatic carbocycles. The molecule has 1 aromatic carbocycles. The van der Waals surface area contributed by atoms with Gasteiger partial charge in [-0.3, -0.25) is 0 Å². The Balaban J connectivity index is 1.63. The average Bonchev–Trinajstić information content (AvgIpc) is 3.35. The van der Waals surface area contributed by atoms with E-state index >= 15 is 0 Å². The van der Waals surface area contributed by atoms with E-state index in [9.17, 15) is 5.26 Å². The summed E-state index contributed by atoms with van der Waals surface area (Å²) < 4.78 is 5.59. The van der Waals surface area contributed by atoms with Crippen LogP contribution in [0.15, 0.2) is 36.8 Å². The summed E-state index contributed by atoms with van der Waals surface area (Å²) in [6, 6.07) is 9.86. The van der Waals surface area contributed by atoms with Gasteiger partial charge >= 0.3 is 0 Å². The van der Waals surface area contributed by atoms with E-state index in [1.54, 1.807) is 6.33 Å². The molecule has 2 aliphatic heterocycles. The zero-order chi connectivity index (χ0) is 16.8. The first-order valence-corrected chi connectivity index (χ1v) is 8.49. The first kappa shape index (κ1) is 14.4. The zero-order valence-corrected chi connectivity index (χ0v) is 13.6. The zero-order valence-electron chi connectivity index (χ0n) is 13.6. The Labute approximate surface area is 145 Å². The van der Waals surface area contributed by atoms with Crippen molar-refractivity contribution in [3.63, 3.8) is 0 Å². The van der Waals surface area contributed by atoms with Crippen LogP contribution in [0.25, 0.3) is 22.2 Å². The lowest BCUT2D eigenvalue weighted by molar-refractivity contribution is 0.177. The molecule has 0 amide bonds. The summed E-state index contributed by atoms with van der Waals surface area (Å²) in [6.45, 7) is 3.64. The SMILES string of the molecule is N#Cc1cccc(-c2c[nH]c3ncnc(N4C[C@H]5COC[C@@H]5C4)c23)c1. The molecule has 0 unspecified atom stereocenters. The van der Waals surface area contributed by atoms with Crippen LogP contribution < -0.4 is 4.90 Å². The number of ether oxygens (including phenoxy) is 1. The molecule has 5 rings (SSSR count). The van der Waals surface area contributed by atoms with Gasteiger partial charge in [-0.25, -0.2) is 9.97 Å². The normalized spacial score (nSPS) is 22.3. The maximum absolute atomic E-state index is 9.19. The standard InChI is InChI=1S/C19H17N5O/c20-5-12-2-1-3-13(4-12)16-6-21-18-17(16)19(23-11-22-18)24-7-14-9-25-10-15(14)8-24/h1-4,6,11,14-15H,7-10H2,(H,21,22,23)/t14-,15-/m0/s1. The number of nitrogens with one attached hydrogen (secondary N) is 1. The number of nitriles is 1. The lowest BCUT2D eigenvalue weighted by atomic mass is 10.0. The summed E-state index contributed by atoms with van der Waals surface area (Å²) >= 11 is 0. The fraction of sp³-hybridized carbons (Fsp3) is 0.316. The van der Waals surface area contributed by atoms with Gasteiger partial charge in [-0.05, 0) is 17.7 Å². The van der Waals surface area contributed by atoms with Gasteiger partial charge in [-0.15, -0.1) is 0 Å². The van der Waals surface area contributed by atoms with Gasteiger partial charge in [0.05, 0.1) is 30.2 Å². The maximum atomic E-state index is 9.19. The van der Waals surface area contributed by atoms with Crippen molar-refractivity contribution < 1.29 is 4.74 Å². The van der Waals surface area contributed by atoms with Crippen molar-refractivity contribution in [3.8, 4) is 17.2 Å². The Bertz CT molecular complexity index is 977. The van der Waals surface area contributed by atoms with Crippen LogP contribution in [0.1, 0.15) is 5.56 Å². The van der Waals surface area contributed by atoms with Gasteiger partial charge in [0.1, 0.15) is 17.8 Å². The van der Waals surface area contributed by atoms with Crippen LogP contribution >= 0.6 is 0 Å². The van der Waals surface area contributed by atoms with Crippen molar-refractivity contribution in [1.29, 1.82) is 5.26 Å². The Morgan fingerprint density at radius 1 is 1.20 bits per heavy atom. The van der Waals surface area contributed by atoms with Crippen molar-refractivity contribution in [3.05, 3.63) is 42.4 Å². The molecule has 2 fully saturated rings. The van der Waals surface area contributed by atoms with Crippen LogP contribution in [0.3, 0.4) is 0 Å². The lowest BCUT2D eigenvalue weighted by Gasteiger charge is -2.19. The summed E-state index contributed by atoms with van der Waals surface area (Å²) in [7, 11) is 0. The summed E-state index contributed by atoms with van der Waals surface area (Å²) in [5.41, 5.74) is 3.52. The third-order valence-corrected chi connectivity index (χ3v) is 5.29. The Hall–Kier alpha value is -2.91. The molecular weight excluding hydrogens is 314 g/mol. The van der Waals surface area contributed by atoms with Crippen LogP contribution in [0.4, 0.5) is 5.82 Å². The Morgan fingerprint density at radius 2 is 2.04 bits per heavy atom. The lowest BCUT2D eigenvalue weighted by Crippen LogP contribution is -2.23. The number of aromatic amines is 1. The highest BCUT2D eigenvalue weighted by atomic mass is 16.5. The second-order valence-electron chi connectivity index (χ2n) is 6.78. The van der Waals surface area contributed by atoms with Gasteiger partial charge < -0.3 is 14.6 Å². The molecule has 2 atom stereocenters. The molecule has 6 nitrogen and oxygen atoms in total. The van der Waals surface area contributed by atoms with Crippen molar-refractivity contribution in [2.24, 2.45) is 11.8 Å². The van der Waals surface area contributed by atoms with Gasteiger partial charge in [-0.2, -0.15) is 5.26 Å². The van der Waals surface area contributed by atoms with E-state index in [0.29, 0.717) is 17.4 Å². The van der Waals surface area contributed by atoms with E-state index in [0.717, 1.165) is 54.3 Å². The van der Waals surface area contributed by atoms with Gasteiger partial charge in [0.2, 0.25) is 0 Å². The van der Waals surface area contributed by atoms with Gasteiger partial charge in [0, 0.05) is 36.7 Å². The molecule has 0 saturated carbocycles. The number of anilines is 1. The predicted octanol–water partition coefficient (Wildman–Crippen LogP) is 2.58. The molecule has 0 bridgehead atoms. The number of aromatic nitrogens is 3. The molecule has 0 spiro atoms. The van der Waals surface area contributed by atoms with Gasteiger partial charge in [-0.1, -0.05) is 12.1 Å². The number of nitrogens with zero attached hydrogens (tertiary/aromatic N) is 4. The first-order chi connectivity index (χ1) is 12.3. The fourth-order valence-electron chi connectivity index (χ4n) is 4.03. The number of fused-ring (bicyclic) bond motifs is 2. The van der Waals surface area contributed by atoms with Crippen molar-refractivity contribution >= 4 is 16.9 Å². The molecule has 6 heteroatoms. The molecule has 4 heterocycles. The minimum Gasteiger partial charge on any atom is -0.381 e. The first-order valence-electron chi connectivity index (χ1n) is 8.49.